The van der Waals surface area contributed by atoms with Gasteiger partial charge in [-0.05, 0) is 32.8 Å². The van der Waals surface area contributed by atoms with Crippen LogP contribution in [-0.2, 0) is 12.8 Å². The number of ether oxygens (including phenoxy) is 1. The van der Waals surface area contributed by atoms with Crippen LogP contribution in [0.15, 0.2) is 17.5 Å². The van der Waals surface area contributed by atoms with E-state index >= 15 is 0 Å². The Morgan fingerprint density at radius 1 is 1.37 bits per heavy atom. The second-order valence-electron chi connectivity index (χ2n) is 7.81. The van der Waals surface area contributed by atoms with Crippen molar-refractivity contribution in [2.75, 3.05) is 24.5 Å². The average molecular weight is 388 g/mol. The molecule has 144 valence electrons. The maximum absolute atomic E-state index is 12.5. The van der Waals surface area contributed by atoms with Crippen LogP contribution in [0.1, 0.15) is 48.3 Å². The number of aromatic nitrogens is 1. The van der Waals surface area contributed by atoms with E-state index in [9.17, 15) is 9.90 Å². The minimum absolute atomic E-state index is 0.0689. The van der Waals surface area contributed by atoms with Gasteiger partial charge >= 0.3 is 0 Å². The van der Waals surface area contributed by atoms with Crippen LogP contribution < -0.4 is 15.0 Å². The summed E-state index contributed by atoms with van der Waals surface area (Å²) in [5.74, 6) is 0.0709. The molecule has 1 aromatic carbocycles. The molecular weight excluding hydrogens is 362 g/mol. The van der Waals surface area contributed by atoms with Crippen molar-refractivity contribution in [3.05, 3.63) is 34.3 Å². The van der Waals surface area contributed by atoms with E-state index in [4.69, 9.17) is 4.74 Å². The molecule has 4 rings (SSSR count). The first-order chi connectivity index (χ1) is 12.9. The maximum atomic E-state index is 12.5. The molecule has 6 nitrogen and oxygen atoms in total. The van der Waals surface area contributed by atoms with E-state index in [0.717, 1.165) is 35.9 Å². The van der Waals surface area contributed by atoms with Gasteiger partial charge in [-0.2, -0.15) is 0 Å². The fourth-order valence-corrected chi connectivity index (χ4v) is 4.60. The van der Waals surface area contributed by atoms with Crippen LogP contribution in [0, 0.1) is 0 Å². The molecule has 0 aliphatic carbocycles. The highest BCUT2D eigenvalue weighted by Gasteiger charge is 2.33. The van der Waals surface area contributed by atoms with Gasteiger partial charge in [0.05, 0.1) is 11.3 Å². The number of aromatic hydroxyl groups is 1. The van der Waals surface area contributed by atoms with Crippen LogP contribution in [0.25, 0.3) is 0 Å². The Kier molecular flexibility index (Phi) is 4.72. The number of amides is 1. The number of hydrogen-bond acceptors (Lipinski definition) is 6. The normalized spacial score (nSPS) is 17.6. The topological polar surface area (TPSA) is 74.7 Å². The van der Waals surface area contributed by atoms with Crippen molar-refractivity contribution in [2.24, 2.45) is 0 Å². The van der Waals surface area contributed by atoms with Gasteiger partial charge in [-0.1, -0.05) is 6.07 Å². The average Bonchev–Trinajstić information content (AvgIpc) is 3.33. The molecule has 0 saturated carbocycles. The molecule has 0 radical (unpaired) electrons. The minimum atomic E-state index is -0.355. The number of hydrogen-bond donors (Lipinski definition) is 2. The van der Waals surface area contributed by atoms with E-state index in [0.29, 0.717) is 18.7 Å². The van der Waals surface area contributed by atoms with Gasteiger partial charge in [0.1, 0.15) is 5.60 Å². The first-order valence-electron chi connectivity index (χ1n) is 9.44. The van der Waals surface area contributed by atoms with Gasteiger partial charge < -0.3 is 20.1 Å². The van der Waals surface area contributed by atoms with Crippen molar-refractivity contribution in [1.82, 2.24) is 10.3 Å². The summed E-state index contributed by atoms with van der Waals surface area (Å²) >= 11 is 1.66. The molecule has 1 aromatic heterocycles. The molecule has 2 aliphatic heterocycles. The Morgan fingerprint density at radius 3 is 2.93 bits per heavy atom. The number of fused-ring (bicyclic) bond motifs is 1. The van der Waals surface area contributed by atoms with Gasteiger partial charge in [0.25, 0.3) is 5.91 Å². The molecule has 3 heterocycles. The predicted octanol–water partition coefficient (Wildman–Crippen LogP) is 3.13. The molecule has 2 aromatic rings. The summed E-state index contributed by atoms with van der Waals surface area (Å²) in [4.78, 5) is 19.5. The lowest BCUT2D eigenvalue weighted by Gasteiger charge is -2.17. The summed E-state index contributed by atoms with van der Waals surface area (Å²) in [5, 5.41) is 16.5. The van der Waals surface area contributed by atoms with Crippen molar-refractivity contribution in [3.8, 4) is 11.5 Å². The SMILES string of the molecule is CC1(C)Cc2ccc(C(=O)NCCc3csc(N4CCCC4)n3)c(O)c2O1. The van der Waals surface area contributed by atoms with Gasteiger partial charge in [0.15, 0.2) is 16.6 Å². The smallest absolute Gasteiger partial charge is 0.255 e. The van der Waals surface area contributed by atoms with E-state index in [-0.39, 0.29) is 22.8 Å². The highest BCUT2D eigenvalue weighted by atomic mass is 32.1. The molecule has 2 N–H and O–H groups in total. The molecular formula is C20H25N3O3S. The Morgan fingerprint density at radius 2 is 2.15 bits per heavy atom. The van der Waals surface area contributed by atoms with Gasteiger partial charge in [-0.3, -0.25) is 4.79 Å². The van der Waals surface area contributed by atoms with E-state index in [2.05, 4.69) is 20.6 Å². The number of nitrogens with one attached hydrogen (secondary N) is 1. The van der Waals surface area contributed by atoms with Crippen LogP contribution in [0.4, 0.5) is 5.13 Å². The standard InChI is InChI=1S/C20H25N3O3S/c1-20(2)11-13-5-6-15(16(24)17(13)26-20)18(25)21-8-7-14-12-27-19(22-14)23-9-3-4-10-23/h5-6,12,24H,3-4,7-11H2,1-2H3,(H,21,25). The summed E-state index contributed by atoms with van der Waals surface area (Å²) in [7, 11) is 0. The number of carbonyl (C=O) groups excluding carboxylic acids is 1. The summed E-state index contributed by atoms with van der Waals surface area (Å²) < 4.78 is 5.80. The van der Waals surface area contributed by atoms with Gasteiger partial charge in [-0.25, -0.2) is 4.98 Å². The highest BCUT2D eigenvalue weighted by molar-refractivity contribution is 7.13. The van der Waals surface area contributed by atoms with Gasteiger partial charge in [-0.15, -0.1) is 11.3 Å². The largest absolute Gasteiger partial charge is 0.504 e. The third kappa shape index (κ3) is 3.74. The quantitative estimate of drug-likeness (QED) is 0.824. The Hall–Kier alpha value is -2.28. The molecule has 1 fully saturated rings. The van der Waals surface area contributed by atoms with Crippen LogP contribution >= 0.6 is 11.3 Å². The summed E-state index contributed by atoms with van der Waals surface area (Å²) in [6.45, 7) is 6.58. The minimum Gasteiger partial charge on any atom is -0.504 e. The predicted molar refractivity (Wildman–Crippen MR) is 106 cm³/mol. The lowest BCUT2D eigenvalue weighted by atomic mass is 10.0. The summed E-state index contributed by atoms with van der Waals surface area (Å²) in [6.07, 6.45) is 3.86. The van der Waals surface area contributed by atoms with Gasteiger partial charge in [0.2, 0.25) is 0 Å². The second-order valence-corrected chi connectivity index (χ2v) is 8.65. The third-order valence-corrected chi connectivity index (χ3v) is 5.99. The molecule has 1 saturated heterocycles. The zero-order valence-corrected chi connectivity index (χ0v) is 16.6. The highest BCUT2D eigenvalue weighted by Crippen LogP contribution is 2.43. The molecule has 7 heteroatoms. The zero-order valence-electron chi connectivity index (χ0n) is 15.7. The number of phenols is 1. The second kappa shape index (κ2) is 7.03. The van der Waals surface area contributed by atoms with Crippen LogP contribution in [0.2, 0.25) is 0 Å². The zero-order chi connectivity index (χ0) is 19.0. The lowest BCUT2D eigenvalue weighted by molar-refractivity contribution is 0.0948. The van der Waals surface area contributed by atoms with Gasteiger partial charge in [0, 0.05) is 43.4 Å². The number of benzene rings is 1. The van der Waals surface area contributed by atoms with Crippen molar-refractivity contribution >= 4 is 22.4 Å². The fourth-order valence-electron chi connectivity index (χ4n) is 3.68. The summed E-state index contributed by atoms with van der Waals surface area (Å²) in [5.41, 5.74) is 1.82. The molecule has 0 atom stereocenters. The van der Waals surface area contributed by atoms with Crippen molar-refractivity contribution in [2.45, 2.75) is 45.1 Å². The first-order valence-corrected chi connectivity index (χ1v) is 10.3. The Balaban J connectivity index is 1.35. The molecule has 0 unspecified atom stereocenters. The third-order valence-electron chi connectivity index (χ3n) is 5.04. The number of nitrogens with zero attached hydrogens (tertiary/aromatic N) is 2. The molecule has 1 amide bonds. The van der Waals surface area contributed by atoms with Crippen molar-refractivity contribution in [1.29, 1.82) is 0 Å². The van der Waals surface area contributed by atoms with Crippen LogP contribution in [0.5, 0.6) is 11.5 Å². The summed E-state index contributed by atoms with van der Waals surface area (Å²) in [6, 6.07) is 3.53. The van der Waals surface area contributed by atoms with Crippen LogP contribution in [-0.4, -0.2) is 41.2 Å². The van der Waals surface area contributed by atoms with E-state index in [1.807, 2.05) is 19.9 Å². The molecule has 0 spiro atoms. The molecule has 0 bridgehead atoms. The number of phenolic OH excluding ortho intramolecular Hbond substituents is 1. The number of rotatable bonds is 5. The number of thiazole rings is 1. The van der Waals surface area contributed by atoms with Crippen LogP contribution in [0.3, 0.4) is 0 Å². The Bertz CT molecular complexity index is 856. The van der Waals surface area contributed by atoms with E-state index in [1.54, 1.807) is 17.4 Å². The lowest BCUT2D eigenvalue weighted by Crippen LogP contribution is -2.26. The van der Waals surface area contributed by atoms with E-state index in [1.165, 1.54) is 12.8 Å². The molecule has 27 heavy (non-hydrogen) atoms. The maximum Gasteiger partial charge on any atom is 0.255 e. The number of carbonyl (C=O) groups is 1. The fraction of sp³-hybridized carbons (Fsp3) is 0.500. The van der Waals surface area contributed by atoms with E-state index < -0.39 is 0 Å². The molecule has 2 aliphatic rings. The monoisotopic (exact) mass is 387 g/mol. The van der Waals surface area contributed by atoms with Crippen molar-refractivity contribution in [3.63, 3.8) is 0 Å². The first kappa shape index (κ1) is 18.1. The Labute approximate surface area is 163 Å². The number of anilines is 1. The van der Waals surface area contributed by atoms with Crippen molar-refractivity contribution < 1.29 is 14.6 Å².